The lowest BCUT2D eigenvalue weighted by molar-refractivity contribution is 0.397. The van der Waals surface area contributed by atoms with E-state index in [9.17, 15) is 16.8 Å². The van der Waals surface area contributed by atoms with Gasteiger partial charge in [0.25, 0.3) is 20.0 Å². The second-order valence-corrected chi connectivity index (χ2v) is 10.3. The van der Waals surface area contributed by atoms with Gasteiger partial charge in [-0.05, 0) is 47.9 Å². The molecule has 1 aromatic heterocycles. The smallest absolute Gasteiger partial charge is 0.263 e. The van der Waals surface area contributed by atoms with Crippen LogP contribution in [0.2, 0.25) is 0 Å². The maximum atomic E-state index is 12.6. The summed E-state index contributed by atoms with van der Waals surface area (Å²) in [5.74, 6) is 0.539. The SMILES string of the molecule is COc1cc(NS(=O)(=O)c2ccc(NS(=O)(=O)c3ccc(C(C)C)cc3)cc2)ncn1. The summed E-state index contributed by atoms with van der Waals surface area (Å²) in [6.45, 7) is 4.04. The highest BCUT2D eigenvalue weighted by Crippen LogP contribution is 2.22. The highest BCUT2D eigenvalue weighted by atomic mass is 32.2. The number of ether oxygens (including phenoxy) is 1. The average Bonchev–Trinajstić information content (AvgIpc) is 2.73. The number of aromatic nitrogens is 2. The van der Waals surface area contributed by atoms with Gasteiger partial charge in [0, 0.05) is 11.8 Å². The molecule has 2 N–H and O–H groups in total. The van der Waals surface area contributed by atoms with E-state index in [0.717, 1.165) is 5.56 Å². The predicted octanol–water partition coefficient (Wildman–Crippen LogP) is 3.21. The van der Waals surface area contributed by atoms with Gasteiger partial charge in [-0.3, -0.25) is 9.44 Å². The van der Waals surface area contributed by atoms with Gasteiger partial charge in [-0.25, -0.2) is 26.8 Å². The molecule has 3 aromatic rings. The normalized spacial score (nSPS) is 11.9. The van der Waals surface area contributed by atoms with Crippen LogP contribution in [0.15, 0.2) is 70.7 Å². The van der Waals surface area contributed by atoms with Crippen LogP contribution in [0.1, 0.15) is 25.3 Å². The molecule has 0 saturated heterocycles. The fourth-order valence-corrected chi connectivity index (χ4v) is 4.71. The first-order valence-electron chi connectivity index (χ1n) is 9.22. The van der Waals surface area contributed by atoms with E-state index in [1.165, 1.54) is 55.9 Å². The first kappa shape index (κ1) is 22.5. The van der Waals surface area contributed by atoms with Crippen LogP contribution >= 0.6 is 0 Å². The Labute approximate surface area is 181 Å². The number of rotatable bonds is 8. The number of anilines is 2. The molecule has 0 radical (unpaired) electrons. The Hall–Kier alpha value is -3.18. The van der Waals surface area contributed by atoms with Crippen molar-refractivity contribution in [3.63, 3.8) is 0 Å². The number of benzene rings is 2. The van der Waals surface area contributed by atoms with Crippen LogP contribution in [-0.2, 0) is 20.0 Å². The monoisotopic (exact) mass is 462 g/mol. The zero-order valence-electron chi connectivity index (χ0n) is 17.1. The van der Waals surface area contributed by atoms with Gasteiger partial charge in [0.1, 0.15) is 12.1 Å². The summed E-state index contributed by atoms with van der Waals surface area (Å²) in [5.41, 5.74) is 1.26. The summed E-state index contributed by atoms with van der Waals surface area (Å²) < 4.78 is 60.0. The number of nitrogens with zero attached hydrogens (tertiary/aromatic N) is 2. The molecule has 0 atom stereocenters. The highest BCUT2D eigenvalue weighted by Gasteiger charge is 2.18. The minimum absolute atomic E-state index is 0.0430. The van der Waals surface area contributed by atoms with Gasteiger partial charge in [0.2, 0.25) is 5.88 Å². The van der Waals surface area contributed by atoms with E-state index in [-0.39, 0.29) is 33.1 Å². The maximum absolute atomic E-state index is 12.6. The highest BCUT2D eigenvalue weighted by molar-refractivity contribution is 7.93. The van der Waals surface area contributed by atoms with Gasteiger partial charge in [0.05, 0.1) is 16.9 Å². The van der Waals surface area contributed by atoms with Gasteiger partial charge in [0.15, 0.2) is 0 Å². The van der Waals surface area contributed by atoms with E-state index >= 15 is 0 Å². The Morgan fingerprint density at radius 2 is 1.35 bits per heavy atom. The summed E-state index contributed by atoms with van der Waals surface area (Å²) >= 11 is 0. The third-order valence-electron chi connectivity index (χ3n) is 4.36. The summed E-state index contributed by atoms with van der Waals surface area (Å²) in [7, 11) is -6.34. The minimum atomic E-state index is -3.94. The quantitative estimate of drug-likeness (QED) is 0.526. The molecular formula is C20H22N4O5S2. The Balaban J connectivity index is 1.75. The fourth-order valence-electron chi connectivity index (χ4n) is 2.65. The van der Waals surface area contributed by atoms with Crippen molar-refractivity contribution in [1.29, 1.82) is 0 Å². The molecule has 0 aliphatic rings. The molecular weight excluding hydrogens is 440 g/mol. The lowest BCUT2D eigenvalue weighted by atomic mass is 10.0. The molecule has 3 rings (SSSR count). The van der Waals surface area contributed by atoms with Crippen LogP contribution in [0.4, 0.5) is 11.5 Å². The van der Waals surface area contributed by atoms with Crippen molar-refractivity contribution >= 4 is 31.6 Å². The predicted molar refractivity (Wildman–Crippen MR) is 117 cm³/mol. The van der Waals surface area contributed by atoms with E-state index in [1.54, 1.807) is 12.1 Å². The standard InChI is InChI=1S/C20H22N4O5S2/c1-14(2)15-4-8-17(9-5-15)30(25,26)23-16-6-10-18(11-7-16)31(27,28)24-19-12-20(29-3)22-13-21-19/h4-14,23H,1-3H3,(H,21,22,24). The third kappa shape index (κ3) is 5.50. The van der Waals surface area contributed by atoms with Crippen molar-refractivity contribution in [3.05, 3.63) is 66.5 Å². The molecule has 1 heterocycles. The lowest BCUT2D eigenvalue weighted by Gasteiger charge is -2.11. The van der Waals surface area contributed by atoms with Gasteiger partial charge >= 0.3 is 0 Å². The first-order valence-corrected chi connectivity index (χ1v) is 12.2. The molecule has 0 amide bonds. The van der Waals surface area contributed by atoms with E-state index < -0.39 is 20.0 Å². The average molecular weight is 463 g/mol. The molecule has 2 aromatic carbocycles. The summed E-state index contributed by atoms with van der Waals surface area (Å²) in [6, 6.07) is 13.3. The third-order valence-corrected chi connectivity index (χ3v) is 7.13. The van der Waals surface area contributed by atoms with Crippen LogP contribution in [-0.4, -0.2) is 33.9 Å². The number of methoxy groups -OCH3 is 1. The van der Waals surface area contributed by atoms with Gasteiger partial charge in [-0.15, -0.1) is 0 Å². The lowest BCUT2D eigenvalue weighted by Crippen LogP contribution is -2.15. The summed E-state index contributed by atoms with van der Waals surface area (Å²) in [4.78, 5) is 7.71. The minimum Gasteiger partial charge on any atom is -0.481 e. The first-order chi connectivity index (χ1) is 14.6. The Bertz CT molecular complexity index is 1260. The molecule has 31 heavy (non-hydrogen) atoms. The largest absolute Gasteiger partial charge is 0.481 e. The number of nitrogens with one attached hydrogen (secondary N) is 2. The molecule has 0 bridgehead atoms. The van der Waals surface area contributed by atoms with Crippen LogP contribution < -0.4 is 14.2 Å². The number of sulfonamides is 2. The summed E-state index contributed by atoms with van der Waals surface area (Å²) in [5, 5.41) is 0. The van der Waals surface area contributed by atoms with Crippen molar-refractivity contribution in [2.24, 2.45) is 0 Å². The van der Waals surface area contributed by atoms with Crippen molar-refractivity contribution in [2.75, 3.05) is 16.6 Å². The molecule has 9 nitrogen and oxygen atoms in total. The van der Waals surface area contributed by atoms with Crippen molar-refractivity contribution in [3.8, 4) is 5.88 Å². The molecule has 11 heteroatoms. The van der Waals surface area contributed by atoms with E-state index in [4.69, 9.17) is 4.74 Å². The molecule has 0 fully saturated rings. The van der Waals surface area contributed by atoms with Crippen molar-refractivity contribution in [2.45, 2.75) is 29.6 Å². The molecule has 164 valence electrons. The fraction of sp³-hybridized carbons (Fsp3) is 0.200. The van der Waals surface area contributed by atoms with Crippen LogP contribution in [0.5, 0.6) is 5.88 Å². The van der Waals surface area contributed by atoms with E-state index in [1.807, 2.05) is 13.8 Å². The molecule has 0 saturated carbocycles. The van der Waals surface area contributed by atoms with Crippen LogP contribution in [0, 0.1) is 0 Å². The van der Waals surface area contributed by atoms with Gasteiger partial charge in [-0.2, -0.15) is 0 Å². The Kier molecular flexibility index (Phi) is 6.46. The second kappa shape index (κ2) is 8.90. The number of hydrogen-bond acceptors (Lipinski definition) is 7. The van der Waals surface area contributed by atoms with E-state index in [2.05, 4.69) is 19.4 Å². The number of hydrogen-bond donors (Lipinski definition) is 2. The Morgan fingerprint density at radius 3 is 1.90 bits per heavy atom. The van der Waals surface area contributed by atoms with E-state index in [0.29, 0.717) is 0 Å². The van der Waals surface area contributed by atoms with Gasteiger partial charge < -0.3 is 4.74 Å². The zero-order valence-corrected chi connectivity index (χ0v) is 18.7. The Morgan fingerprint density at radius 1 is 0.806 bits per heavy atom. The topological polar surface area (TPSA) is 127 Å². The zero-order chi connectivity index (χ0) is 22.6. The van der Waals surface area contributed by atoms with Crippen molar-refractivity contribution < 1.29 is 21.6 Å². The molecule has 0 aliphatic heterocycles. The van der Waals surface area contributed by atoms with Crippen LogP contribution in [0.25, 0.3) is 0 Å². The maximum Gasteiger partial charge on any atom is 0.263 e. The van der Waals surface area contributed by atoms with Crippen molar-refractivity contribution in [1.82, 2.24) is 9.97 Å². The van der Waals surface area contributed by atoms with Gasteiger partial charge in [-0.1, -0.05) is 26.0 Å². The van der Waals surface area contributed by atoms with Crippen LogP contribution in [0.3, 0.4) is 0 Å². The second-order valence-electron chi connectivity index (χ2n) is 6.90. The molecule has 0 spiro atoms. The molecule has 0 unspecified atom stereocenters. The molecule has 0 aliphatic carbocycles. The summed E-state index contributed by atoms with van der Waals surface area (Å²) in [6.07, 6.45) is 1.17.